The quantitative estimate of drug-likeness (QED) is 0.812. The van der Waals surface area contributed by atoms with Gasteiger partial charge in [0.05, 0.1) is 0 Å². The molecule has 2 aliphatic carbocycles. The predicted octanol–water partition coefficient (Wildman–Crippen LogP) is 2.34. The number of primary amides is 1. The lowest BCUT2D eigenvalue weighted by atomic mass is 9.77. The van der Waals surface area contributed by atoms with Crippen LogP contribution in [0.4, 0.5) is 4.79 Å². The van der Waals surface area contributed by atoms with Crippen LogP contribution in [-0.2, 0) is 9.53 Å². The van der Waals surface area contributed by atoms with E-state index in [1.165, 1.54) is 0 Å². The van der Waals surface area contributed by atoms with Crippen LogP contribution >= 0.6 is 0 Å². The van der Waals surface area contributed by atoms with Gasteiger partial charge in [0.1, 0.15) is 5.60 Å². The Morgan fingerprint density at radius 3 is 2.25 bits per heavy atom. The van der Waals surface area contributed by atoms with Crippen molar-refractivity contribution in [2.75, 3.05) is 0 Å². The van der Waals surface area contributed by atoms with Crippen LogP contribution in [0.1, 0.15) is 58.8 Å². The van der Waals surface area contributed by atoms with Gasteiger partial charge in [-0.05, 0) is 64.7 Å². The summed E-state index contributed by atoms with van der Waals surface area (Å²) < 4.78 is 5.14. The fourth-order valence-corrected chi connectivity index (χ4v) is 3.18. The Bertz CT molecular complexity index is 369. The molecular weight excluding hydrogens is 256 g/mol. The minimum atomic E-state index is -0.715. The van der Waals surface area contributed by atoms with Crippen molar-refractivity contribution < 1.29 is 14.3 Å². The first-order valence-corrected chi connectivity index (χ1v) is 7.64. The van der Waals surface area contributed by atoms with Crippen molar-refractivity contribution in [1.82, 2.24) is 5.32 Å². The SMILES string of the molecule is CC(C)(CC1CCC(C(=O)NC2CC2)CC1)OC(N)=O. The molecule has 0 unspecified atom stereocenters. The Morgan fingerprint density at radius 1 is 1.15 bits per heavy atom. The summed E-state index contributed by atoms with van der Waals surface area (Å²) in [5, 5.41) is 3.09. The maximum absolute atomic E-state index is 12.0. The van der Waals surface area contributed by atoms with E-state index in [4.69, 9.17) is 10.5 Å². The highest BCUT2D eigenvalue weighted by molar-refractivity contribution is 5.79. The van der Waals surface area contributed by atoms with E-state index in [9.17, 15) is 9.59 Å². The number of rotatable bonds is 5. The van der Waals surface area contributed by atoms with E-state index in [1.54, 1.807) is 0 Å². The Hall–Kier alpha value is -1.26. The van der Waals surface area contributed by atoms with Gasteiger partial charge in [0.25, 0.3) is 0 Å². The zero-order valence-electron chi connectivity index (χ0n) is 12.5. The second kappa shape index (κ2) is 6.02. The number of amides is 2. The van der Waals surface area contributed by atoms with Crippen LogP contribution in [0.15, 0.2) is 0 Å². The van der Waals surface area contributed by atoms with Crippen LogP contribution in [0.2, 0.25) is 0 Å². The average molecular weight is 282 g/mol. The van der Waals surface area contributed by atoms with E-state index in [0.717, 1.165) is 44.9 Å². The molecule has 0 bridgehead atoms. The highest BCUT2D eigenvalue weighted by atomic mass is 16.6. The molecule has 0 aromatic heterocycles. The second-order valence-corrected chi connectivity index (χ2v) is 6.89. The molecule has 0 aromatic carbocycles. The molecule has 5 heteroatoms. The minimum Gasteiger partial charge on any atom is -0.444 e. The molecule has 0 radical (unpaired) electrons. The Morgan fingerprint density at radius 2 is 1.75 bits per heavy atom. The molecule has 2 aliphatic rings. The van der Waals surface area contributed by atoms with E-state index in [-0.39, 0.29) is 11.8 Å². The molecule has 20 heavy (non-hydrogen) atoms. The third-order valence-electron chi connectivity index (χ3n) is 4.30. The standard InChI is InChI=1S/C15H26N2O3/c1-15(2,20-14(16)19)9-10-3-5-11(6-4-10)13(18)17-12-7-8-12/h10-12H,3-9H2,1-2H3,(H2,16,19)(H,17,18). The third-order valence-corrected chi connectivity index (χ3v) is 4.30. The van der Waals surface area contributed by atoms with Crippen LogP contribution in [0.25, 0.3) is 0 Å². The molecule has 2 amide bonds. The monoisotopic (exact) mass is 282 g/mol. The van der Waals surface area contributed by atoms with Gasteiger partial charge in [0.15, 0.2) is 0 Å². The van der Waals surface area contributed by atoms with Gasteiger partial charge >= 0.3 is 6.09 Å². The predicted molar refractivity (Wildman–Crippen MR) is 76.0 cm³/mol. The number of hydrogen-bond donors (Lipinski definition) is 2. The van der Waals surface area contributed by atoms with Gasteiger partial charge in [0, 0.05) is 12.0 Å². The molecule has 0 heterocycles. The summed E-state index contributed by atoms with van der Waals surface area (Å²) in [5.41, 5.74) is 4.57. The van der Waals surface area contributed by atoms with E-state index in [2.05, 4.69) is 5.32 Å². The van der Waals surface area contributed by atoms with Crippen LogP contribution in [0.5, 0.6) is 0 Å². The van der Waals surface area contributed by atoms with E-state index in [0.29, 0.717) is 12.0 Å². The molecule has 0 saturated heterocycles. The van der Waals surface area contributed by atoms with Crippen molar-refractivity contribution >= 4 is 12.0 Å². The smallest absolute Gasteiger partial charge is 0.405 e. The number of carbonyl (C=O) groups excluding carboxylic acids is 2. The largest absolute Gasteiger partial charge is 0.444 e. The van der Waals surface area contributed by atoms with Gasteiger partial charge in [-0.1, -0.05) is 0 Å². The first-order chi connectivity index (χ1) is 9.35. The number of hydrogen-bond acceptors (Lipinski definition) is 3. The molecule has 0 spiro atoms. The summed E-state index contributed by atoms with van der Waals surface area (Å²) in [6.07, 6.45) is 6.30. The number of nitrogens with two attached hydrogens (primary N) is 1. The van der Waals surface area contributed by atoms with Gasteiger partial charge in [0.2, 0.25) is 5.91 Å². The summed E-state index contributed by atoms with van der Waals surface area (Å²) in [5.74, 6) is 0.917. The molecule has 0 atom stereocenters. The fourth-order valence-electron chi connectivity index (χ4n) is 3.18. The molecule has 114 valence electrons. The Labute approximate surface area is 120 Å². The topological polar surface area (TPSA) is 81.4 Å². The average Bonchev–Trinajstić information content (AvgIpc) is 3.11. The van der Waals surface area contributed by atoms with E-state index in [1.807, 2.05) is 13.8 Å². The van der Waals surface area contributed by atoms with Crippen molar-refractivity contribution in [3.63, 3.8) is 0 Å². The maximum atomic E-state index is 12.0. The lowest BCUT2D eigenvalue weighted by Gasteiger charge is -2.33. The lowest BCUT2D eigenvalue weighted by molar-refractivity contribution is -0.126. The summed E-state index contributed by atoms with van der Waals surface area (Å²) in [6.45, 7) is 3.79. The van der Waals surface area contributed by atoms with Crippen LogP contribution in [0.3, 0.4) is 0 Å². The van der Waals surface area contributed by atoms with Gasteiger partial charge < -0.3 is 15.8 Å². The molecule has 2 saturated carbocycles. The number of carbonyl (C=O) groups is 2. The van der Waals surface area contributed by atoms with Crippen LogP contribution in [0, 0.1) is 11.8 Å². The fraction of sp³-hybridized carbons (Fsp3) is 0.867. The van der Waals surface area contributed by atoms with Crippen molar-refractivity contribution in [2.45, 2.75) is 70.4 Å². The van der Waals surface area contributed by atoms with Crippen LogP contribution in [-0.4, -0.2) is 23.6 Å². The summed E-state index contributed by atoms with van der Waals surface area (Å²) in [4.78, 5) is 22.8. The van der Waals surface area contributed by atoms with Crippen molar-refractivity contribution in [2.24, 2.45) is 17.6 Å². The first-order valence-electron chi connectivity index (χ1n) is 7.64. The zero-order valence-corrected chi connectivity index (χ0v) is 12.5. The van der Waals surface area contributed by atoms with Gasteiger partial charge in [-0.2, -0.15) is 0 Å². The lowest BCUT2D eigenvalue weighted by Crippen LogP contribution is -2.37. The molecule has 0 aromatic rings. The van der Waals surface area contributed by atoms with Gasteiger partial charge in [-0.25, -0.2) is 4.79 Å². The van der Waals surface area contributed by atoms with Crippen LogP contribution < -0.4 is 11.1 Å². The third kappa shape index (κ3) is 4.69. The molecule has 2 rings (SSSR count). The summed E-state index contributed by atoms with van der Waals surface area (Å²) >= 11 is 0. The van der Waals surface area contributed by atoms with Crippen molar-refractivity contribution in [3.8, 4) is 0 Å². The summed E-state index contributed by atoms with van der Waals surface area (Å²) in [7, 11) is 0. The maximum Gasteiger partial charge on any atom is 0.405 e. The molecular formula is C15H26N2O3. The van der Waals surface area contributed by atoms with E-state index >= 15 is 0 Å². The minimum absolute atomic E-state index is 0.173. The van der Waals surface area contributed by atoms with Crippen molar-refractivity contribution in [1.29, 1.82) is 0 Å². The molecule has 0 aliphatic heterocycles. The normalized spacial score (nSPS) is 26.9. The van der Waals surface area contributed by atoms with Gasteiger partial charge in [-0.15, -0.1) is 0 Å². The summed E-state index contributed by atoms with van der Waals surface area (Å²) in [6, 6.07) is 0.447. The Kier molecular flexibility index (Phi) is 4.55. The first kappa shape index (κ1) is 15.1. The second-order valence-electron chi connectivity index (χ2n) is 6.89. The Balaban J connectivity index is 1.73. The van der Waals surface area contributed by atoms with Crippen molar-refractivity contribution in [3.05, 3.63) is 0 Å². The molecule has 3 N–H and O–H groups in total. The molecule has 2 fully saturated rings. The highest BCUT2D eigenvalue weighted by Gasteiger charge is 2.33. The highest BCUT2D eigenvalue weighted by Crippen LogP contribution is 2.35. The number of nitrogens with one attached hydrogen (secondary N) is 1. The van der Waals surface area contributed by atoms with E-state index < -0.39 is 11.7 Å². The van der Waals surface area contributed by atoms with Gasteiger partial charge in [-0.3, -0.25) is 4.79 Å². The number of ether oxygens (including phenoxy) is 1. The zero-order chi connectivity index (χ0) is 14.8. The molecule has 5 nitrogen and oxygen atoms in total.